The van der Waals surface area contributed by atoms with Gasteiger partial charge in [0.15, 0.2) is 0 Å². The standard InChI is InChI=1S/C13H19NO3S/c1-2-12-4-3-5-13(7-6-12)18(15,16)14-8-10-17-11-9-14/h4-7H,2-3,8-11H2,1H3. The molecule has 100 valence electrons. The highest BCUT2D eigenvalue weighted by Crippen LogP contribution is 2.21. The number of morpholine rings is 1. The first-order chi connectivity index (χ1) is 8.64. The van der Waals surface area contributed by atoms with Crippen molar-refractivity contribution in [3.05, 3.63) is 34.8 Å². The van der Waals surface area contributed by atoms with Crippen LogP contribution in [-0.4, -0.2) is 39.0 Å². The fourth-order valence-corrected chi connectivity index (χ4v) is 3.52. The minimum absolute atomic E-state index is 0.407. The molecule has 18 heavy (non-hydrogen) atoms. The fourth-order valence-electron chi connectivity index (χ4n) is 2.04. The molecule has 1 aliphatic carbocycles. The lowest BCUT2D eigenvalue weighted by Crippen LogP contribution is -2.40. The van der Waals surface area contributed by atoms with E-state index in [1.807, 2.05) is 6.08 Å². The van der Waals surface area contributed by atoms with Crippen LogP contribution in [0.5, 0.6) is 0 Å². The smallest absolute Gasteiger partial charge is 0.242 e. The Hall–Kier alpha value is -0.910. The van der Waals surface area contributed by atoms with Crippen molar-refractivity contribution < 1.29 is 13.2 Å². The van der Waals surface area contributed by atoms with Gasteiger partial charge in [0.1, 0.15) is 0 Å². The molecule has 2 aliphatic rings. The van der Waals surface area contributed by atoms with Gasteiger partial charge in [-0.05, 0) is 18.9 Å². The van der Waals surface area contributed by atoms with Crippen LogP contribution in [-0.2, 0) is 14.8 Å². The van der Waals surface area contributed by atoms with Crippen molar-refractivity contribution in [1.82, 2.24) is 4.31 Å². The van der Waals surface area contributed by atoms with Crippen molar-refractivity contribution in [2.45, 2.75) is 19.8 Å². The molecule has 0 bridgehead atoms. The predicted octanol–water partition coefficient (Wildman–Crippen LogP) is 1.83. The van der Waals surface area contributed by atoms with Gasteiger partial charge in [0, 0.05) is 13.1 Å². The number of hydrogen-bond donors (Lipinski definition) is 0. The van der Waals surface area contributed by atoms with E-state index in [9.17, 15) is 8.42 Å². The van der Waals surface area contributed by atoms with Gasteiger partial charge < -0.3 is 4.74 Å². The molecule has 5 heteroatoms. The van der Waals surface area contributed by atoms with Gasteiger partial charge in [0.2, 0.25) is 10.0 Å². The van der Waals surface area contributed by atoms with Gasteiger partial charge >= 0.3 is 0 Å². The van der Waals surface area contributed by atoms with Crippen molar-refractivity contribution in [3.63, 3.8) is 0 Å². The molecule has 0 radical (unpaired) electrons. The summed E-state index contributed by atoms with van der Waals surface area (Å²) in [6.07, 6.45) is 9.07. The molecule has 1 heterocycles. The molecule has 0 saturated carbocycles. The molecule has 1 aliphatic heterocycles. The van der Waals surface area contributed by atoms with Crippen LogP contribution < -0.4 is 0 Å². The van der Waals surface area contributed by atoms with Crippen LogP contribution in [0.1, 0.15) is 19.8 Å². The molecule has 0 spiro atoms. The molecular formula is C13H19NO3S. The first-order valence-corrected chi connectivity index (χ1v) is 7.74. The maximum atomic E-state index is 12.4. The minimum Gasteiger partial charge on any atom is -0.379 e. The normalized spacial score (nSPS) is 22.3. The second kappa shape index (κ2) is 5.82. The Labute approximate surface area is 109 Å². The summed E-state index contributed by atoms with van der Waals surface area (Å²) in [6, 6.07) is 0. The van der Waals surface area contributed by atoms with Gasteiger partial charge in [0.05, 0.1) is 18.1 Å². The van der Waals surface area contributed by atoms with E-state index >= 15 is 0 Å². The quantitative estimate of drug-likeness (QED) is 0.785. The summed E-state index contributed by atoms with van der Waals surface area (Å²) in [7, 11) is -3.35. The minimum atomic E-state index is -3.35. The van der Waals surface area contributed by atoms with E-state index in [1.165, 1.54) is 9.88 Å². The van der Waals surface area contributed by atoms with E-state index in [4.69, 9.17) is 4.74 Å². The average Bonchev–Trinajstić information content (AvgIpc) is 2.65. The molecule has 1 saturated heterocycles. The Morgan fingerprint density at radius 2 is 1.94 bits per heavy atom. The lowest BCUT2D eigenvalue weighted by molar-refractivity contribution is 0.0734. The number of allylic oxidation sites excluding steroid dienone is 5. The number of rotatable bonds is 3. The number of ether oxygens (including phenoxy) is 1. The molecule has 0 unspecified atom stereocenters. The van der Waals surface area contributed by atoms with Crippen LogP contribution >= 0.6 is 0 Å². The van der Waals surface area contributed by atoms with Gasteiger partial charge in [-0.25, -0.2) is 8.42 Å². The maximum Gasteiger partial charge on any atom is 0.242 e. The Morgan fingerprint density at radius 3 is 2.61 bits per heavy atom. The maximum absolute atomic E-state index is 12.4. The van der Waals surface area contributed by atoms with Crippen molar-refractivity contribution >= 4 is 10.0 Å². The molecule has 0 aromatic heterocycles. The Kier molecular flexibility index (Phi) is 4.37. The molecule has 0 atom stereocenters. The lowest BCUT2D eigenvalue weighted by Gasteiger charge is -2.26. The van der Waals surface area contributed by atoms with Gasteiger partial charge in [-0.15, -0.1) is 0 Å². The first-order valence-electron chi connectivity index (χ1n) is 6.30. The number of sulfonamides is 1. The van der Waals surface area contributed by atoms with Crippen molar-refractivity contribution in [1.29, 1.82) is 0 Å². The van der Waals surface area contributed by atoms with E-state index < -0.39 is 10.0 Å². The summed E-state index contributed by atoms with van der Waals surface area (Å²) in [5.74, 6) is 0. The molecule has 0 aromatic carbocycles. The van der Waals surface area contributed by atoms with Crippen molar-refractivity contribution in [3.8, 4) is 0 Å². The van der Waals surface area contributed by atoms with Crippen LogP contribution in [0.4, 0.5) is 0 Å². The lowest BCUT2D eigenvalue weighted by atomic mass is 10.2. The summed E-state index contributed by atoms with van der Waals surface area (Å²) in [6.45, 7) is 3.92. The predicted molar refractivity (Wildman–Crippen MR) is 71.5 cm³/mol. The molecule has 0 amide bonds. The molecular weight excluding hydrogens is 250 g/mol. The third-order valence-corrected chi connectivity index (χ3v) is 5.12. The van der Waals surface area contributed by atoms with Gasteiger partial charge in [0.25, 0.3) is 0 Å². The molecule has 0 N–H and O–H groups in total. The van der Waals surface area contributed by atoms with Crippen LogP contribution in [0.3, 0.4) is 0 Å². The Balaban J connectivity index is 2.18. The van der Waals surface area contributed by atoms with Crippen LogP contribution in [0.2, 0.25) is 0 Å². The number of nitrogens with zero attached hydrogens (tertiary/aromatic N) is 1. The van der Waals surface area contributed by atoms with Gasteiger partial charge in [-0.3, -0.25) is 0 Å². The topological polar surface area (TPSA) is 46.6 Å². The number of hydrogen-bond acceptors (Lipinski definition) is 3. The molecule has 4 nitrogen and oxygen atoms in total. The zero-order chi connectivity index (χ0) is 13.0. The van der Waals surface area contributed by atoms with E-state index in [1.54, 1.807) is 12.2 Å². The van der Waals surface area contributed by atoms with E-state index in [0.29, 0.717) is 37.6 Å². The van der Waals surface area contributed by atoms with Crippen molar-refractivity contribution in [2.75, 3.05) is 26.3 Å². The summed E-state index contributed by atoms with van der Waals surface area (Å²) in [5, 5.41) is 0. The Morgan fingerprint density at radius 1 is 1.22 bits per heavy atom. The summed E-state index contributed by atoms with van der Waals surface area (Å²) in [4.78, 5) is 0.407. The Bertz CT molecular complexity index is 482. The largest absolute Gasteiger partial charge is 0.379 e. The van der Waals surface area contributed by atoms with Gasteiger partial charge in [-0.2, -0.15) is 4.31 Å². The highest BCUT2D eigenvalue weighted by Gasteiger charge is 2.27. The summed E-state index contributed by atoms with van der Waals surface area (Å²) in [5.41, 5.74) is 1.18. The van der Waals surface area contributed by atoms with Crippen molar-refractivity contribution in [2.24, 2.45) is 0 Å². The molecule has 2 rings (SSSR count). The van der Waals surface area contributed by atoms with E-state index in [2.05, 4.69) is 13.0 Å². The summed E-state index contributed by atoms with van der Waals surface area (Å²) >= 11 is 0. The third kappa shape index (κ3) is 2.91. The average molecular weight is 269 g/mol. The zero-order valence-electron chi connectivity index (χ0n) is 10.6. The first kappa shape index (κ1) is 13.5. The monoisotopic (exact) mass is 269 g/mol. The SMILES string of the molecule is CCC1=CCC=C(S(=O)(=O)N2CCOCC2)C=C1. The highest BCUT2D eigenvalue weighted by molar-refractivity contribution is 7.93. The third-order valence-electron chi connectivity index (χ3n) is 3.18. The second-order valence-corrected chi connectivity index (χ2v) is 6.26. The zero-order valence-corrected chi connectivity index (χ0v) is 11.4. The van der Waals surface area contributed by atoms with Crippen LogP contribution in [0.25, 0.3) is 0 Å². The molecule has 0 aromatic rings. The van der Waals surface area contributed by atoms with E-state index in [-0.39, 0.29) is 0 Å². The van der Waals surface area contributed by atoms with Crippen LogP contribution in [0, 0.1) is 0 Å². The van der Waals surface area contributed by atoms with Gasteiger partial charge in [-0.1, -0.05) is 30.7 Å². The fraction of sp³-hybridized carbons (Fsp3) is 0.538. The second-order valence-electron chi connectivity index (χ2n) is 4.32. The molecule has 1 fully saturated rings. The summed E-state index contributed by atoms with van der Waals surface area (Å²) < 4.78 is 31.5. The highest BCUT2D eigenvalue weighted by atomic mass is 32.2. The van der Waals surface area contributed by atoms with E-state index in [0.717, 1.165) is 6.42 Å². The van der Waals surface area contributed by atoms with Crippen LogP contribution in [0.15, 0.2) is 34.8 Å².